The van der Waals surface area contributed by atoms with Gasteiger partial charge in [0.2, 0.25) is 0 Å². The fourth-order valence-electron chi connectivity index (χ4n) is 2.74. The van der Waals surface area contributed by atoms with Gasteiger partial charge < -0.3 is 14.4 Å². The van der Waals surface area contributed by atoms with Crippen molar-refractivity contribution in [1.29, 1.82) is 0 Å². The zero-order chi connectivity index (χ0) is 13.5. The molecule has 0 amide bonds. The summed E-state index contributed by atoms with van der Waals surface area (Å²) in [5.74, 6) is 1.68. The molecule has 1 unspecified atom stereocenters. The maximum atomic E-state index is 9.52. The van der Waals surface area contributed by atoms with Gasteiger partial charge in [-0.15, -0.1) is 0 Å². The van der Waals surface area contributed by atoms with E-state index >= 15 is 0 Å². The molecule has 0 saturated heterocycles. The topological polar surface area (TPSA) is 47.3 Å². The molecule has 0 aliphatic carbocycles. The van der Waals surface area contributed by atoms with Crippen LogP contribution < -0.4 is 4.74 Å². The molecular formula is C16H14N2O2. The number of para-hydroxylation sites is 3. The van der Waals surface area contributed by atoms with Gasteiger partial charge in [-0.2, -0.15) is 0 Å². The van der Waals surface area contributed by atoms with Gasteiger partial charge in [0.1, 0.15) is 17.7 Å². The number of aliphatic hydroxyl groups is 1. The van der Waals surface area contributed by atoms with Crippen LogP contribution in [0, 0.1) is 0 Å². The minimum atomic E-state index is -0.255. The SMILES string of the molecule is OCC1Cn2c(nc3ccccc32)-c2ccccc2O1. The molecule has 4 rings (SSSR count). The molecule has 0 fully saturated rings. The summed E-state index contributed by atoms with van der Waals surface area (Å²) in [7, 11) is 0. The van der Waals surface area contributed by atoms with Crippen molar-refractivity contribution in [2.75, 3.05) is 6.61 Å². The quantitative estimate of drug-likeness (QED) is 0.736. The second kappa shape index (κ2) is 4.35. The first-order valence-electron chi connectivity index (χ1n) is 6.69. The molecule has 2 aromatic carbocycles. The summed E-state index contributed by atoms with van der Waals surface area (Å²) >= 11 is 0. The van der Waals surface area contributed by atoms with E-state index in [4.69, 9.17) is 9.72 Å². The predicted molar refractivity (Wildman–Crippen MR) is 76.7 cm³/mol. The molecule has 1 N–H and O–H groups in total. The Morgan fingerprint density at radius 1 is 1.15 bits per heavy atom. The van der Waals surface area contributed by atoms with Gasteiger partial charge in [0.15, 0.2) is 0 Å². The van der Waals surface area contributed by atoms with Gasteiger partial charge in [-0.25, -0.2) is 4.98 Å². The molecule has 1 aliphatic rings. The summed E-state index contributed by atoms with van der Waals surface area (Å²) < 4.78 is 8.01. The molecule has 0 spiro atoms. The normalized spacial score (nSPS) is 17.1. The number of imidazole rings is 1. The highest BCUT2D eigenvalue weighted by atomic mass is 16.5. The highest BCUT2D eigenvalue weighted by Gasteiger charge is 2.24. The zero-order valence-corrected chi connectivity index (χ0v) is 10.9. The Morgan fingerprint density at radius 3 is 2.85 bits per heavy atom. The highest BCUT2D eigenvalue weighted by molar-refractivity contribution is 5.82. The minimum Gasteiger partial charge on any atom is -0.485 e. The van der Waals surface area contributed by atoms with Gasteiger partial charge in [-0.05, 0) is 24.3 Å². The van der Waals surface area contributed by atoms with Crippen molar-refractivity contribution in [3.05, 3.63) is 48.5 Å². The molecule has 1 aliphatic heterocycles. The number of nitrogens with zero attached hydrogens (tertiary/aromatic N) is 2. The largest absolute Gasteiger partial charge is 0.485 e. The van der Waals surface area contributed by atoms with Crippen LogP contribution in [0.4, 0.5) is 0 Å². The average molecular weight is 266 g/mol. The number of hydrogen-bond acceptors (Lipinski definition) is 3. The molecule has 3 aromatic rings. The summed E-state index contributed by atoms with van der Waals surface area (Å²) in [5, 5.41) is 9.52. The third kappa shape index (κ3) is 1.62. The van der Waals surface area contributed by atoms with E-state index in [0.717, 1.165) is 28.2 Å². The van der Waals surface area contributed by atoms with Crippen molar-refractivity contribution in [1.82, 2.24) is 9.55 Å². The fourth-order valence-corrected chi connectivity index (χ4v) is 2.74. The van der Waals surface area contributed by atoms with Crippen molar-refractivity contribution < 1.29 is 9.84 Å². The van der Waals surface area contributed by atoms with Gasteiger partial charge in [-0.3, -0.25) is 0 Å². The maximum absolute atomic E-state index is 9.52. The van der Waals surface area contributed by atoms with E-state index < -0.39 is 0 Å². The van der Waals surface area contributed by atoms with Crippen LogP contribution in [0.5, 0.6) is 5.75 Å². The van der Waals surface area contributed by atoms with Crippen LogP contribution in [0.15, 0.2) is 48.5 Å². The Morgan fingerprint density at radius 2 is 1.95 bits per heavy atom. The molecular weight excluding hydrogens is 252 g/mol. The second-order valence-corrected chi connectivity index (χ2v) is 4.95. The number of aromatic nitrogens is 2. The van der Waals surface area contributed by atoms with Crippen molar-refractivity contribution in [2.45, 2.75) is 12.6 Å². The molecule has 0 bridgehead atoms. The number of benzene rings is 2. The number of fused-ring (bicyclic) bond motifs is 5. The van der Waals surface area contributed by atoms with Crippen LogP contribution in [-0.2, 0) is 6.54 Å². The Kier molecular flexibility index (Phi) is 2.50. The first kappa shape index (κ1) is 11.5. The molecule has 4 nitrogen and oxygen atoms in total. The predicted octanol–water partition coefficient (Wildman–Crippen LogP) is 2.46. The summed E-state index contributed by atoms with van der Waals surface area (Å²) in [6.45, 7) is 0.585. The molecule has 20 heavy (non-hydrogen) atoms. The van der Waals surface area contributed by atoms with Crippen molar-refractivity contribution in [3.8, 4) is 17.1 Å². The number of rotatable bonds is 1. The third-order valence-electron chi connectivity index (χ3n) is 3.67. The fraction of sp³-hybridized carbons (Fsp3) is 0.188. The minimum absolute atomic E-state index is 0.0136. The van der Waals surface area contributed by atoms with E-state index in [2.05, 4.69) is 4.57 Å². The molecule has 4 heteroatoms. The molecule has 1 atom stereocenters. The lowest BCUT2D eigenvalue weighted by molar-refractivity contribution is 0.106. The van der Waals surface area contributed by atoms with E-state index in [1.165, 1.54) is 0 Å². The second-order valence-electron chi connectivity index (χ2n) is 4.95. The lowest BCUT2D eigenvalue weighted by Crippen LogP contribution is -2.25. The van der Waals surface area contributed by atoms with E-state index in [9.17, 15) is 5.11 Å². The molecule has 0 radical (unpaired) electrons. The standard InChI is InChI=1S/C16H14N2O2/c19-10-11-9-18-14-7-3-2-6-13(14)17-16(18)12-5-1-4-8-15(12)20-11/h1-8,11,19H,9-10H2. The first-order chi connectivity index (χ1) is 9.86. The molecule has 0 saturated carbocycles. The van der Waals surface area contributed by atoms with Gasteiger partial charge >= 0.3 is 0 Å². The summed E-state index contributed by atoms with van der Waals surface area (Å²) in [6.07, 6.45) is -0.255. The molecule has 2 heterocycles. The molecule has 100 valence electrons. The number of aliphatic hydroxyl groups excluding tert-OH is 1. The highest BCUT2D eigenvalue weighted by Crippen LogP contribution is 2.35. The van der Waals surface area contributed by atoms with Crippen LogP contribution in [0.2, 0.25) is 0 Å². The van der Waals surface area contributed by atoms with Crippen LogP contribution >= 0.6 is 0 Å². The van der Waals surface area contributed by atoms with Crippen molar-refractivity contribution in [3.63, 3.8) is 0 Å². The Bertz CT molecular complexity index is 779. The smallest absolute Gasteiger partial charge is 0.145 e. The number of hydrogen-bond donors (Lipinski definition) is 1. The van der Waals surface area contributed by atoms with Crippen molar-refractivity contribution >= 4 is 11.0 Å². The van der Waals surface area contributed by atoms with Gasteiger partial charge in [0.05, 0.1) is 29.7 Å². The van der Waals surface area contributed by atoms with E-state index in [-0.39, 0.29) is 12.7 Å². The lowest BCUT2D eigenvalue weighted by Gasteiger charge is -2.15. The number of ether oxygens (including phenoxy) is 1. The van der Waals surface area contributed by atoms with Crippen LogP contribution in [0.1, 0.15) is 0 Å². The first-order valence-corrected chi connectivity index (χ1v) is 6.69. The van der Waals surface area contributed by atoms with Gasteiger partial charge in [0.25, 0.3) is 0 Å². The lowest BCUT2D eigenvalue weighted by atomic mass is 10.2. The zero-order valence-electron chi connectivity index (χ0n) is 10.9. The van der Waals surface area contributed by atoms with Crippen LogP contribution in [-0.4, -0.2) is 27.4 Å². The summed E-state index contributed by atoms with van der Waals surface area (Å²) in [4.78, 5) is 4.72. The van der Waals surface area contributed by atoms with E-state index in [0.29, 0.717) is 6.54 Å². The van der Waals surface area contributed by atoms with Gasteiger partial charge in [0, 0.05) is 0 Å². The van der Waals surface area contributed by atoms with Crippen LogP contribution in [0.25, 0.3) is 22.4 Å². The Balaban J connectivity index is 2.04. The van der Waals surface area contributed by atoms with Crippen molar-refractivity contribution in [2.24, 2.45) is 0 Å². The monoisotopic (exact) mass is 266 g/mol. The van der Waals surface area contributed by atoms with E-state index in [1.807, 2.05) is 48.5 Å². The summed E-state index contributed by atoms with van der Waals surface area (Å²) in [5.41, 5.74) is 3.01. The molecule has 1 aromatic heterocycles. The average Bonchev–Trinajstić information content (AvgIpc) is 2.77. The third-order valence-corrected chi connectivity index (χ3v) is 3.67. The van der Waals surface area contributed by atoms with Gasteiger partial charge in [-0.1, -0.05) is 24.3 Å². The maximum Gasteiger partial charge on any atom is 0.145 e. The summed E-state index contributed by atoms with van der Waals surface area (Å²) in [6, 6.07) is 15.9. The van der Waals surface area contributed by atoms with Crippen LogP contribution in [0.3, 0.4) is 0 Å². The Labute approximate surface area is 116 Å². The van der Waals surface area contributed by atoms with E-state index in [1.54, 1.807) is 0 Å². The Hall–Kier alpha value is -2.33.